The maximum Gasteiger partial charge on any atom is 0.0708 e. The molecule has 0 aliphatic rings. The van der Waals surface area contributed by atoms with E-state index < -0.39 is 0 Å². The maximum absolute atomic E-state index is 4.35. The third-order valence-electron chi connectivity index (χ3n) is 2.62. The molecular formula is C14H10N2. The van der Waals surface area contributed by atoms with Crippen molar-refractivity contribution < 1.29 is 0 Å². The van der Waals surface area contributed by atoms with E-state index in [4.69, 9.17) is 0 Å². The van der Waals surface area contributed by atoms with E-state index in [1.165, 1.54) is 5.56 Å². The smallest absolute Gasteiger partial charge is 0.0708 e. The highest BCUT2D eigenvalue weighted by Crippen LogP contribution is 2.26. The summed E-state index contributed by atoms with van der Waals surface area (Å²) < 4.78 is 0. The van der Waals surface area contributed by atoms with Crippen molar-refractivity contribution in [3.63, 3.8) is 0 Å². The fraction of sp³-hybridized carbons (Fsp3) is 0. The Kier molecular flexibility index (Phi) is 2.11. The third-order valence-corrected chi connectivity index (χ3v) is 2.62. The van der Waals surface area contributed by atoms with Crippen molar-refractivity contribution in [1.29, 1.82) is 0 Å². The van der Waals surface area contributed by atoms with Crippen LogP contribution in [0.1, 0.15) is 0 Å². The molecule has 0 N–H and O–H groups in total. The van der Waals surface area contributed by atoms with Crippen LogP contribution in [0.4, 0.5) is 0 Å². The Morgan fingerprint density at radius 1 is 0.812 bits per heavy atom. The van der Waals surface area contributed by atoms with Crippen LogP contribution in [0.5, 0.6) is 0 Å². The molecule has 0 spiro atoms. The number of rotatable bonds is 1. The molecule has 0 bridgehead atoms. The molecule has 1 aromatic carbocycles. The monoisotopic (exact) mass is 206 g/mol. The molecule has 0 aliphatic heterocycles. The SMILES string of the molecule is c1cncc(-c2cccc3ncccc23)c1. The Bertz CT molecular complexity index is 612. The average Bonchev–Trinajstić information content (AvgIpc) is 2.39. The molecule has 0 amide bonds. The van der Waals surface area contributed by atoms with Crippen molar-refractivity contribution in [2.45, 2.75) is 0 Å². The molecule has 0 radical (unpaired) electrons. The second-order valence-electron chi connectivity index (χ2n) is 3.62. The van der Waals surface area contributed by atoms with E-state index in [0.717, 1.165) is 16.5 Å². The number of fused-ring (bicyclic) bond motifs is 1. The van der Waals surface area contributed by atoms with Crippen LogP contribution in [-0.4, -0.2) is 9.97 Å². The summed E-state index contributed by atoms with van der Waals surface area (Å²) in [6.45, 7) is 0. The molecule has 2 aromatic heterocycles. The lowest BCUT2D eigenvalue weighted by Crippen LogP contribution is -1.83. The molecule has 0 aliphatic carbocycles. The molecule has 0 unspecified atom stereocenters. The van der Waals surface area contributed by atoms with E-state index >= 15 is 0 Å². The Morgan fingerprint density at radius 2 is 1.75 bits per heavy atom. The number of pyridine rings is 2. The minimum Gasteiger partial charge on any atom is -0.264 e. The highest BCUT2D eigenvalue weighted by Gasteiger charge is 2.02. The van der Waals surface area contributed by atoms with Gasteiger partial charge in [0.25, 0.3) is 0 Å². The molecule has 0 fully saturated rings. The van der Waals surface area contributed by atoms with Crippen molar-refractivity contribution in [1.82, 2.24) is 9.97 Å². The number of benzene rings is 1. The van der Waals surface area contributed by atoms with Gasteiger partial charge in [0.2, 0.25) is 0 Å². The van der Waals surface area contributed by atoms with Crippen LogP contribution in [0, 0.1) is 0 Å². The van der Waals surface area contributed by atoms with Gasteiger partial charge in [-0.1, -0.05) is 24.3 Å². The second-order valence-corrected chi connectivity index (χ2v) is 3.62. The summed E-state index contributed by atoms with van der Waals surface area (Å²) in [6.07, 6.45) is 5.48. The molecule has 2 heterocycles. The third kappa shape index (κ3) is 1.44. The fourth-order valence-corrected chi connectivity index (χ4v) is 1.88. The van der Waals surface area contributed by atoms with Gasteiger partial charge in [0, 0.05) is 29.5 Å². The quantitative estimate of drug-likeness (QED) is 0.610. The molecule has 0 atom stereocenters. The zero-order valence-corrected chi connectivity index (χ0v) is 8.67. The molecular weight excluding hydrogens is 196 g/mol. The van der Waals surface area contributed by atoms with Crippen LogP contribution >= 0.6 is 0 Å². The van der Waals surface area contributed by atoms with Crippen LogP contribution in [0.25, 0.3) is 22.0 Å². The van der Waals surface area contributed by atoms with E-state index in [2.05, 4.69) is 28.2 Å². The van der Waals surface area contributed by atoms with Crippen LogP contribution < -0.4 is 0 Å². The first-order valence-electron chi connectivity index (χ1n) is 5.19. The van der Waals surface area contributed by atoms with Crippen LogP contribution in [0.15, 0.2) is 61.1 Å². The average molecular weight is 206 g/mol. The van der Waals surface area contributed by atoms with Gasteiger partial charge >= 0.3 is 0 Å². The molecule has 3 aromatic rings. The first-order valence-corrected chi connectivity index (χ1v) is 5.19. The second kappa shape index (κ2) is 3.74. The molecule has 76 valence electrons. The van der Waals surface area contributed by atoms with Gasteiger partial charge in [-0.05, 0) is 23.8 Å². The summed E-state index contributed by atoms with van der Waals surface area (Å²) >= 11 is 0. The first-order chi connectivity index (χ1) is 7.95. The maximum atomic E-state index is 4.35. The van der Waals surface area contributed by atoms with Crippen molar-refractivity contribution in [3.05, 3.63) is 61.1 Å². The lowest BCUT2D eigenvalue weighted by molar-refractivity contribution is 1.33. The van der Waals surface area contributed by atoms with E-state index in [0.29, 0.717) is 0 Å². The largest absolute Gasteiger partial charge is 0.264 e. The molecule has 16 heavy (non-hydrogen) atoms. The summed E-state index contributed by atoms with van der Waals surface area (Å²) in [5.74, 6) is 0. The van der Waals surface area contributed by atoms with Gasteiger partial charge in [0.15, 0.2) is 0 Å². The number of hydrogen-bond acceptors (Lipinski definition) is 2. The van der Waals surface area contributed by atoms with Crippen molar-refractivity contribution in [3.8, 4) is 11.1 Å². The molecule has 3 rings (SSSR count). The minimum absolute atomic E-state index is 1.02. The summed E-state index contributed by atoms with van der Waals surface area (Å²) in [7, 11) is 0. The summed E-state index contributed by atoms with van der Waals surface area (Å²) in [5.41, 5.74) is 3.32. The van der Waals surface area contributed by atoms with Crippen LogP contribution in [0.3, 0.4) is 0 Å². The highest BCUT2D eigenvalue weighted by atomic mass is 14.6. The van der Waals surface area contributed by atoms with Gasteiger partial charge in [-0.15, -0.1) is 0 Å². The van der Waals surface area contributed by atoms with E-state index in [1.54, 1.807) is 6.20 Å². The molecule has 0 saturated carbocycles. The Hall–Kier alpha value is -2.22. The van der Waals surface area contributed by atoms with Gasteiger partial charge in [0.1, 0.15) is 0 Å². The summed E-state index contributed by atoms with van der Waals surface area (Å²) in [5, 5.41) is 1.16. The summed E-state index contributed by atoms with van der Waals surface area (Å²) in [6, 6.07) is 14.2. The molecule has 2 nitrogen and oxygen atoms in total. The van der Waals surface area contributed by atoms with Gasteiger partial charge in [-0.3, -0.25) is 9.97 Å². The lowest BCUT2D eigenvalue weighted by Gasteiger charge is -2.04. The number of aromatic nitrogens is 2. The van der Waals surface area contributed by atoms with Gasteiger partial charge in [0.05, 0.1) is 5.52 Å². The Morgan fingerprint density at radius 3 is 2.62 bits per heavy atom. The van der Waals surface area contributed by atoms with Crippen LogP contribution in [0.2, 0.25) is 0 Å². The predicted molar refractivity (Wildman–Crippen MR) is 65.0 cm³/mol. The molecule has 2 heteroatoms. The summed E-state index contributed by atoms with van der Waals surface area (Å²) in [4.78, 5) is 8.49. The topological polar surface area (TPSA) is 25.8 Å². The highest BCUT2D eigenvalue weighted by molar-refractivity contribution is 5.94. The van der Waals surface area contributed by atoms with E-state index in [9.17, 15) is 0 Å². The minimum atomic E-state index is 1.02. The Labute approximate surface area is 93.6 Å². The van der Waals surface area contributed by atoms with Crippen LogP contribution in [-0.2, 0) is 0 Å². The standard InChI is InChI=1S/C14H10N2/c1-5-12(11-4-2-8-15-10-11)13-6-3-9-16-14(13)7-1/h1-10H. The fourth-order valence-electron chi connectivity index (χ4n) is 1.88. The van der Waals surface area contributed by atoms with Crippen molar-refractivity contribution in [2.75, 3.05) is 0 Å². The Balaban J connectivity index is 2.32. The van der Waals surface area contributed by atoms with E-state index in [1.807, 2.05) is 36.7 Å². The zero-order chi connectivity index (χ0) is 10.8. The number of nitrogens with zero attached hydrogens (tertiary/aromatic N) is 2. The first kappa shape index (κ1) is 9.04. The lowest BCUT2D eigenvalue weighted by atomic mass is 10.0. The van der Waals surface area contributed by atoms with Crippen molar-refractivity contribution in [2.24, 2.45) is 0 Å². The normalized spacial score (nSPS) is 10.5. The zero-order valence-electron chi connectivity index (χ0n) is 8.67. The molecule has 0 saturated heterocycles. The van der Waals surface area contributed by atoms with Gasteiger partial charge in [-0.2, -0.15) is 0 Å². The predicted octanol–water partition coefficient (Wildman–Crippen LogP) is 3.30. The van der Waals surface area contributed by atoms with Gasteiger partial charge in [-0.25, -0.2) is 0 Å². The van der Waals surface area contributed by atoms with E-state index in [-0.39, 0.29) is 0 Å². The van der Waals surface area contributed by atoms with Gasteiger partial charge < -0.3 is 0 Å². The van der Waals surface area contributed by atoms with Crippen molar-refractivity contribution >= 4 is 10.9 Å². The number of hydrogen-bond donors (Lipinski definition) is 0.